The van der Waals surface area contributed by atoms with Gasteiger partial charge < -0.3 is 10.4 Å². The highest BCUT2D eigenvalue weighted by molar-refractivity contribution is 7.17. The fraction of sp³-hybridized carbons (Fsp3) is 0. The van der Waals surface area contributed by atoms with Crippen molar-refractivity contribution in [3.8, 4) is 11.1 Å². The van der Waals surface area contributed by atoms with Gasteiger partial charge in [-0.2, -0.15) is 0 Å². The van der Waals surface area contributed by atoms with Crippen LogP contribution in [0.5, 0.6) is 0 Å². The molecule has 0 spiro atoms. The summed E-state index contributed by atoms with van der Waals surface area (Å²) >= 11 is 7.37. The predicted octanol–water partition coefficient (Wildman–Crippen LogP) is 5.59. The minimum Gasteiger partial charge on any atom is -0.478 e. The van der Waals surface area contributed by atoms with Crippen molar-refractivity contribution in [2.75, 3.05) is 5.32 Å². The van der Waals surface area contributed by atoms with Crippen LogP contribution in [0.3, 0.4) is 0 Å². The second-order valence-electron chi connectivity index (χ2n) is 5.68. The Kier molecular flexibility index (Phi) is 4.47. The van der Waals surface area contributed by atoms with Crippen LogP contribution in [0, 0.1) is 5.82 Å². The number of aromatic nitrogens is 2. The van der Waals surface area contributed by atoms with Gasteiger partial charge in [-0.1, -0.05) is 23.7 Å². The first-order valence-corrected chi connectivity index (χ1v) is 9.06. The number of hydrogen-bond acceptors (Lipinski definition) is 5. The standard InChI is InChI=1S/C19H11ClFN3O2S/c20-15-6-5-12(7-13(15)19(25)26)24-17-16-14(8-27-18(16)23-9-22-17)10-1-3-11(21)4-2-10/h1-9H,(H,25,26)(H,22,23,24). The van der Waals surface area contributed by atoms with E-state index >= 15 is 0 Å². The molecular weight excluding hydrogens is 389 g/mol. The molecule has 0 radical (unpaired) electrons. The highest BCUT2D eigenvalue weighted by Gasteiger charge is 2.15. The molecule has 0 aliphatic carbocycles. The molecule has 0 aliphatic rings. The van der Waals surface area contributed by atoms with Gasteiger partial charge in [-0.05, 0) is 35.9 Å². The molecule has 8 heteroatoms. The Balaban J connectivity index is 1.81. The number of hydrogen-bond donors (Lipinski definition) is 2. The number of rotatable bonds is 4. The second kappa shape index (κ2) is 6.94. The number of thiophene rings is 1. The van der Waals surface area contributed by atoms with Crippen LogP contribution in [-0.4, -0.2) is 21.0 Å². The number of benzene rings is 2. The van der Waals surface area contributed by atoms with Gasteiger partial charge in [-0.3, -0.25) is 0 Å². The molecule has 2 aromatic heterocycles. The minimum atomic E-state index is -1.11. The summed E-state index contributed by atoms with van der Waals surface area (Å²) in [6.07, 6.45) is 1.43. The molecule has 4 rings (SSSR count). The Morgan fingerprint density at radius 1 is 1.15 bits per heavy atom. The van der Waals surface area contributed by atoms with Crippen molar-refractivity contribution in [2.24, 2.45) is 0 Å². The van der Waals surface area contributed by atoms with E-state index < -0.39 is 5.97 Å². The van der Waals surface area contributed by atoms with Crippen molar-refractivity contribution in [2.45, 2.75) is 0 Å². The lowest BCUT2D eigenvalue weighted by Crippen LogP contribution is -2.00. The molecule has 2 heterocycles. The van der Waals surface area contributed by atoms with Crippen LogP contribution in [-0.2, 0) is 0 Å². The average Bonchev–Trinajstić information content (AvgIpc) is 3.09. The molecule has 0 fully saturated rings. The lowest BCUT2D eigenvalue weighted by molar-refractivity contribution is 0.0697. The van der Waals surface area contributed by atoms with Gasteiger partial charge >= 0.3 is 5.97 Å². The van der Waals surface area contributed by atoms with Crippen molar-refractivity contribution in [1.29, 1.82) is 0 Å². The molecule has 0 aliphatic heterocycles. The number of aromatic carboxylic acids is 1. The van der Waals surface area contributed by atoms with Crippen LogP contribution < -0.4 is 5.32 Å². The van der Waals surface area contributed by atoms with E-state index in [-0.39, 0.29) is 16.4 Å². The van der Waals surface area contributed by atoms with Crippen LogP contribution in [0.4, 0.5) is 15.9 Å². The Morgan fingerprint density at radius 3 is 2.67 bits per heavy atom. The molecule has 134 valence electrons. The molecule has 27 heavy (non-hydrogen) atoms. The second-order valence-corrected chi connectivity index (χ2v) is 6.95. The van der Waals surface area contributed by atoms with Crippen LogP contribution >= 0.6 is 22.9 Å². The zero-order valence-corrected chi connectivity index (χ0v) is 15.2. The lowest BCUT2D eigenvalue weighted by Gasteiger charge is -2.10. The van der Waals surface area contributed by atoms with Crippen LogP contribution in [0.15, 0.2) is 54.2 Å². The molecule has 0 atom stereocenters. The van der Waals surface area contributed by atoms with Crippen molar-refractivity contribution >= 4 is 50.6 Å². The van der Waals surface area contributed by atoms with E-state index in [9.17, 15) is 14.3 Å². The van der Waals surface area contributed by atoms with E-state index in [4.69, 9.17) is 11.6 Å². The van der Waals surface area contributed by atoms with Gasteiger partial charge in [0.15, 0.2) is 0 Å². The molecule has 2 aromatic carbocycles. The fourth-order valence-electron chi connectivity index (χ4n) is 2.72. The van der Waals surface area contributed by atoms with Gasteiger partial charge in [0.05, 0.1) is 16.0 Å². The maximum Gasteiger partial charge on any atom is 0.337 e. The molecule has 2 N–H and O–H groups in total. The SMILES string of the molecule is O=C(O)c1cc(Nc2ncnc3scc(-c4ccc(F)cc4)c23)ccc1Cl. The van der Waals surface area contributed by atoms with E-state index in [1.807, 2.05) is 5.38 Å². The Labute approximate surface area is 162 Å². The molecular formula is C19H11ClFN3O2S. The normalized spacial score (nSPS) is 10.9. The van der Waals surface area contributed by atoms with Crippen molar-refractivity contribution < 1.29 is 14.3 Å². The van der Waals surface area contributed by atoms with E-state index in [2.05, 4.69) is 15.3 Å². The zero-order valence-electron chi connectivity index (χ0n) is 13.6. The van der Waals surface area contributed by atoms with E-state index in [1.54, 1.807) is 18.2 Å². The monoisotopic (exact) mass is 399 g/mol. The highest BCUT2D eigenvalue weighted by atomic mass is 35.5. The number of nitrogens with zero attached hydrogens (tertiary/aromatic N) is 2. The summed E-state index contributed by atoms with van der Waals surface area (Å²) in [7, 11) is 0. The Hall–Kier alpha value is -3.03. The zero-order chi connectivity index (χ0) is 19.0. The third-order valence-corrected chi connectivity index (χ3v) is 5.20. The van der Waals surface area contributed by atoms with Crippen LogP contribution in [0.25, 0.3) is 21.3 Å². The van der Waals surface area contributed by atoms with E-state index in [0.29, 0.717) is 11.5 Å². The summed E-state index contributed by atoms with van der Waals surface area (Å²) in [6.45, 7) is 0. The topological polar surface area (TPSA) is 75.1 Å². The smallest absolute Gasteiger partial charge is 0.337 e. The maximum absolute atomic E-state index is 13.3. The third kappa shape index (κ3) is 3.34. The lowest BCUT2D eigenvalue weighted by atomic mass is 10.1. The van der Waals surface area contributed by atoms with Gasteiger partial charge in [0.2, 0.25) is 0 Å². The first-order chi connectivity index (χ1) is 13.0. The van der Waals surface area contributed by atoms with Crippen molar-refractivity contribution in [3.63, 3.8) is 0 Å². The molecule has 0 amide bonds. The van der Waals surface area contributed by atoms with Crippen molar-refractivity contribution in [1.82, 2.24) is 9.97 Å². The summed E-state index contributed by atoms with van der Waals surface area (Å²) in [5.74, 6) is -0.895. The molecule has 4 aromatic rings. The van der Waals surface area contributed by atoms with Crippen LogP contribution in [0.1, 0.15) is 10.4 Å². The summed E-state index contributed by atoms with van der Waals surface area (Å²) in [5, 5.41) is 15.2. The first kappa shape index (κ1) is 17.4. The van der Waals surface area contributed by atoms with Gasteiger partial charge in [0, 0.05) is 16.6 Å². The van der Waals surface area contributed by atoms with Crippen LogP contribution in [0.2, 0.25) is 5.02 Å². The van der Waals surface area contributed by atoms with E-state index in [0.717, 1.165) is 21.3 Å². The van der Waals surface area contributed by atoms with Gasteiger partial charge in [0.1, 0.15) is 22.8 Å². The summed E-state index contributed by atoms with van der Waals surface area (Å²) in [4.78, 5) is 20.7. The molecule has 5 nitrogen and oxygen atoms in total. The Bertz CT molecular complexity index is 1160. The van der Waals surface area contributed by atoms with Crippen molar-refractivity contribution in [3.05, 3.63) is 70.6 Å². The highest BCUT2D eigenvalue weighted by Crippen LogP contribution is 2.37. The maximum atomic E-state index is 13.3. The average molecular weight is 400 g/mol. The number of fused-ring (bicyclic) bond motifs is 1. The summed E-state index contributed by atoms with van der Waals surface area (Å²) < 4.78 is 13.3. The number of carboxylic acids is 1. The summed E-state index contributed by atoms with van der Waals surface area (Å²) in [5.41, 5.74) is 2.23. The number of nitrogens with one attached hydrogen (secondary N) is 1. The first-order valence-electron chi connectivity index (χ1n) is 7.81. The fourth-order valence-corrected chi connectivity index (χ4v) is 3.83. The quantitative estimate of drug-likeness (QED) is 0.467. The molecule has 0 saturated carbocycles. The number of carbonyl (C=O) groups is 1. The van der Waals surface area contributed by atoms with Gasteiger partial charge in [-0.25, -0.2) is 19.2 Å². The molecule has 0 bridgehead atoms. The summed E-state index contributed by atoms with van der Waals surface area (Å²) in [6, 6.07) is 10.8. The third-order valence-electron chi connectivity index (χ3n) is 3.98. The van der Waals surface area contributed by atoms with Gasteiger partial charge in [0.25, 0.3) is 0 Å². The van der Waals surface area contributed by atoms with Gasteiger partial charge in [-0.15, -0.1) is 11.3 Å². The largest absolute Gasteiger partial charge is 0.478 e. The number of halogens is 2. The number of anilines is 2. The Morgan fingerprint density at radius 2 is 1.93 bits per heavy atom. The predicted molar refractivity (Wildman–Crippen MR) is 105 cm³/mol. The number of carboxylic acid groups (broad SMARTS) is 1. The van der Waals surface area contributed by atoms with E-state index in [1.165, 1.54) is 41.9 Å². The minimum absolute atomic E-state index is 0.00366. The molecule has 0 unspecified atom stereocenters. The molecule has 0 saturated heterocycles.